The van der Waals surface area contributed by atoms with E-state index in [1.807, 2.05) is 0 Å². The van der Waals surface area contributed by atoms with E-state index in [1.165, 1.54) is 11.8 Å². The number of aliphatic carboxylic acids is 1. The fraction of sp³-hybridized carbons (Fsp3) is 0.385. The van der Waals surface area contributed by atoms with Gasteiger partial charge in [0.2, 0.25) is 5.91 Å². The van der Waals surface area contributed by atoms with Gasteiger partial charge in [-0.3, -0.25) is 14.5 Å². The number of carbonyl (C=O) groups excluding carboxylic acids is 1. The number of hydrogen-bond acceptors (Lipinski definition) is 4. The summed E-state index contributed by atoms with van der Waals surface area (Å²) < 4.78 is 5.05. The molecule has 0 fully saturated rings. The van der Waals surface area contributed by atoms with Crippen molar-refractivity contribution in [3.05, 3.63) is 24.3 Å². The second-order valence-corrected chi connectivity index (χ2v) is 4.21. The van der Waals surface area contributed by atoms with Crippen molar-refractivity contribution in [3.8, 4) is 5.75 Å². The van der Waals surface area contributed by atoms with Crippen LogP contribution in [0.5, 0.6) is 5.75 Å². The van der Waals surface area contributed by atoms with Gasteiger partial charge in [-0.1, -0.05) is 6.07 Å². The molecule has 0 saturated carbocycles. The summed E-state index contributed by atoms with van der Waals surface area (Å²) >= 11 is 0. The molecule has 0 aliphatic rings. The van der Waals surface area contributed by atoms with Crippen LogP contribution in [0.1, 0.15) is 6.92 Å². The van der Waals surface area contributed by atoms with Crippen molar-refractivity contribution in [2.45, 2.75) is 13.0 Å². The summed E-state index contributed by atoms with van der Waals surface area (Å²) in [6.45, 7) is 1.53. The van der Waals surface area contributed by atoms with Crippen LogP contribution in [-0.2, 0) is 9.59 Å². The quantitative estimate of drug-likeness (QED) is 0.804. The molecule has 1 unspecified atom stereocenters. The standard InChI is InChI=1S/C13H18N2O4/c1-9(13(17)18)15(2)8-12(16)14-10-5-4-6-11(7-10)19-3/h4-7,9H,8H2,1-3H3,(H,14,16)(H,17,18). The second-order valence-electron chi connectivity index (χ2n) is 4.21. The zero-order chi connectivity index (χ0) is 14.4. The molecule has 0 aliphatic carbocycles. The van der Waals surface area contributed by atoms with Crippen molar-refractivity contribution >= 4 is 17.6 Å². The number of anilines is 1. The summed E-state index contributed by atoms with van der Waals surface area (Å²) in [6, 6.07) is 6.25. The number of nitrogens with one attached hydrogen (secondary N) is 1. The SMILES string of the molecule is COc1cccc(NC(=O)CN(C)C(C)C(=O)O)c1. The summed E-state index contributed by atoms with van der Waals surface area (Å²) in [5, 5.41) is 11.5. The molecule has 0 bridgehead atoms. The van der Waals surface area contributed by atoms with Crippen LogP contribution in [-0.4, -0.2) is 48.6 Å². The van der Waals surface area contributed by atoms with Gasteiger partial charge < -0.3 is 15.2 Å². The van der Waals surface area contributed by atoms with Crippen molar-refractivity contribution < 1.29 is 19.4 Å². The van der Waals surface area contributed by atoms with Gasteiger partial charge in [0.05, 0.1) is 13.7 Å². The lowest BCUT2D eigenvalue weighted by atomic mass is 10.3. The number of ether oxygens (including phenoxy) is 1. The van der Waals surface area contributed by atoms with Crippen LogP contribution in [0.25, 0.3) is 0 Å². The number of carboxylic acids is 1. The number of likely N-dealkylation sites (N-methyl/N-ethyl adjacent to an activating group) is 1. The lowest BCUT2D eigenvalue weighted by Crippen LogP contribution is -2.40. The Bertz CT molecular complexity index is 462. The van der Waals surface area contributed by atoms with Gasteiger partial charge in [0.1, 0.15) is 11.8 Å². The maximum Gasteiger partial charge on any atom is 0.320 e. The first-order valence-corrected chi connectivity index (χ1v) is 5.81. The molecule has 0 spiro atoms. The Balaban J connectivity index is 2.57. The molecule has 0 radical (unpaired) electrons. The fourth-order valence-corrected chi connectivity index (χ4v) is 1.45. The highest BCUT2D eigenvalue weighted by molar-refractivity contribution is 5.92. The Morgan fingerprint density at radius 1 is 1.47 bits per heavy atom. The van der Waals surface area contributed by atoms with Gasteiger partial charge in [-0.05, 0) is 26.1 Å². The Morgan fingerprint density at radius 2 is 2.16 bits per heavy atom. The first-order valence-electron chi connectivity index (χ1n) is 5.81. The molecule has 6 nitrogen and oxygen atoms in total. The van der Waals surface area contributed by atoms with E-state index in [0.717, 1.165) is 0 Å². The van der Waals surface area contributed by atoms with E-state index in [0.29, 0.717) is 11.4 Å². The van der Waals surface area contributed by atoms with Gasteiger partial charge in [0, 0.05) is 11.8 Å². The first kappa shape index (κ1) is 15.0. The Kier molecular flexibility index (Phi) is 5.32. The summed E-state index contributed by atoms with van der Waals surface area (Å²) in [7, 11) is 3.13. The molecule has 6 heteroatoms. The maximum atomic E-state index is 11.8. The van der Waals surface area contributed by atoms with Crippen LogP contribution >= 0.6 is 0 Å². The van der Waals surface area contributed by atoms with Gasteiger partial charge in [-0.2, -0.15) is 0 Å². The molecule has 1 atom stereocenters. The number of benzene rings is 1. The van der Waals surface area contributed by atoms with Gasteiger partial charge in [-0.25, -0.2) is 0 Å². The minimum absolute atomic E-state index is 0.00464. The van der Waals surface area contributed by atoms with Gasteiger partial charge >= 0.3 is 5.97 Å². The van der Waals surface area contributed by atoms with Crippen molar-refractivity contribution in [2.75, 3.05) is 26.0 Å². The zero-order valence-electron chi connectivity index (χ0n) is 11.2. The summed E-state index contributed by atoms with van der Waals surface area (Å²) in [4.78, 5) is 24.0. The number of nitrogens with zero attached hydrogens (tertiary/aromatic N) is 1. The van der Waals surface area contributed by atoms with Crippen molar-refractivity contribution in [2.24, 2.45) is 0 Å². The minimum Gasteiger partial charge on any atom is -0.497 e. The van der Waals surface area contributed by atoms with Crippen LogP contribution in [0.3, 0.4) is 0 Å². The highest BCUT2D eigenvalue weighted by Crippen LogP contribution is 2.16. The van der Waals surface area contributed by atoms with E-state index in [4.69, 9.17) is 9.84 Å². The molecule has 104 valence electrons. The number of carboxylic acid groups (broad SMARTS) is 1. The van der Waals surface area contributed by atoms with Crippen LogP contribution in [0.4, 0.5) is 5.69 Å². The summed E-state index contributed by atoms with van der Waals surface area (Å²) in [5.41, 5.74) is 0.612. The number of methoxy groups -OCH3 is 1. The molecule has 1 rings (SSSR count). The molecular weight excluding hydrogens is 248 g/mol. The third kappa shape index (κ3) is 4.59. The summed E-state index contributed by atoms with van der Waals surface area (Å²) in [6.07, 6.45) is 0. The first-order chi connectivity index (χ1) is 8.93. The van der Waals surface area contributed by atoms with Crippen LogP contribution in [0, 0.1) is 0 Å². The van der Waals surface area contributed by atoms with Gasteiger partial charge in [0.25, 0.3) is 0 Å². The number of carbonyl (C=O) groups is 2. The normalized spacial score (nSPS) is 12.0. The Morgan fingerprint density at radius 3 is 2.74 bits per heavy atom. The third-order valence-corrected chi connectivity index (χ3v) is 2.77. The molecule has 0 aromatic heterocycles. The lowest BCUT2D eigenvalue weighted by Gasteiger charge is -2.20. The third-order valence-electron chi connectivity index (χ3n) is 2.77. The van der Waals surface area contributed by atoms with E-state index >= 15 is 0 Å². The van der Waals surface area contributed by atoms with E-state index in [1.54, 1.807) is 38.4 Å². The predicted octanol–water partition coefficient (Wildman–Crippen LogP) is 1.04. The number of rotatable bonds is 6. The van der Waals surface area contributed by atoms with E-state index in [9.17, 15) is 9.59 Å². The smallest absolute Gasteiger partial charge is 0.320 e. The molecule has 19 heavy (non-hydrogen) atoms. The average molecular weight is 266 g/mol. The molecule has 1 aromatic carbocycles. The molecule has 1 amide bonds. The highest BCUT2D eigenvalue weighted by atomic mass is 16.5. The van der Waals surface area contributed by atoms with Crippen molar-refractivity contribution in [3.63, 3.8) is 0 Å². The highest BCUT2D eigenvalue weighted by Gasteiger charge is 2.18. The molecule has 1 aromatic rings. The van der Waals surface area contributed by atoms with E-state index in [-0.39, 0.29) is 12.5 Å². The largest absolute Gasteiger partial charge is 0.497 e. The Labute approximate surface area is 112 Å². The van der Waals surface area contributed by atoms with Crippen molar-refractivity contribution in [1.82, 2.24) is 4.90 Å². The number of amides is 1. The molecule has 0 aliphatic heterocycles. The molecule has 0 saturated heterocycles. The monoisotopic (exact) mass is 266 g/mol. The van der Waals surface area contributed by atoms with Crippen LogP contribution < -0.4 is 10.1 Å². The van der Waals surface area contributed by atoms with Crippen LogP contribution in [0.2, 0.25) is 0 Å². The lowest BCUT2D eigenvalue weighted by molar-refractivity contribution is -0.142. The number of hydrogen-bond donors (Lipinski definition) is 2. The predicted molar refractivity (Wildman–Crippen MR) is 71.4 cm³/mol. The van der Waals surface area contributed by atoms with Crippen molar-refractivity contribution in [1.29, 1.82) is 0 Å². The van der Waals surface area contributed by atoms with E-state index in [2.05, 4.69) is 5.32 Å². The average Bonchev–Trinajstić information content (AvgIpc) is 2.37. The molecular formula is C13H18N2O4. The minimum atomic E-state index is -0.961. The van der Waals surface area contributed by atoms with Crippen LogP contribution in [0.15, 0.2) is 24.3 Å². The fourth-order valence-electron chi connectivity index (χ4n) is 1.45. The molecule has 0 heterocycles. The second kappa shape index (κ2) is 6.75. The topological polar surface area (TPSA) is 78.9 Å². The zero-order valence-corrected chi connectivity index (χ0v) is 11.2. The van der Waals surface area contributed by atoms with E-state index < -0.39 is 12.0 Å². The maximum absolute atomic E-state index is 11.8. The summed E-state index contributed by atoms with van der Waals surface area (Å²) in [5.74, 6) is -0.592. The Hall–Kier alpha value is -2.08. The van der Waals surface area contributed by atoms with Gasteiger partial charge in [0.15, 0.2) is 0 Å². The molecule has 2 N–H and O–H groups in total. The van der Waals surface area contributed by atoms with Gasteiger partial charge in [-0.15, -0.1) is 0 Å².